The highest BCUT2D eigenvalue weighted by Gasteiger charge is 2.45. The summed E-state index contributed by atoms with van der Waals surface area (Å²) in [5.41, 5.74) is -1.86. The van der Waals surface area contributed by atoms with Crippen LogP contribution in [0.25, 0.3) is 0 Å². The fourth-order valence-corrected chi connectivity index (χ4v) is 6.70. The molecule has 2 aromatic rings. The maximum atomic E-state index is 14.0. The Bertz CT molecular complexity index is 1420. The number of halogens is 3. The third-order valence-corrected chi connectivity index (χ3v) is 9.09. The summed E-state index contributed by atoms with van der Waals surface area (Å²) in [7, 11) is 0. The molecule has 46 heavy (non-hydrogen) atoms. The van der Waals surface area contributed by atoms with E-state index in [2.05, 4.69) is 11.1 Å². The fourth-order valence-electron chi connectivity index (χ4n) is 6.70. The Morgan fingerprint density at radius 3 is 2.50 bits per heavy atom. The number of carboxylic acid groups (broad SMARTS) is 1. The number of hydrogen-bond acceptors (Lipinski definition) is 6. The standard InChI is InChI=1S/C34H41F3N4O5/c1-2-10-27-24(11-9-19-41(27)32(45)30-26(34(35,36)37)13-8-18-39-30)31(44)40-20-16-33(23-38,17-21-40)25-12-5-6-14-28(25)46-22-7-3-4-15-29(42)43/h5-6,8,12-14,18,24,27H,2-4,7,9-11,15-17,19-22H2,1H3,(H,42,43)/t24?,27-/m1/s1. The van der Waals surface area contributed by atoms with Crippen LogP contribution in [0.5, 0.6) is 5.75 Å². The number of aromatic nitrogens is 1. The molecule has 0 spiro atoms. The number of para-hydroxylation sites is 1. The lowest BCUT2D eigenvalue weighted by molar-refractivity contribution is -0.141. The first-order valence-corrected chi connectivity index (χ1v) is 16.0. The minimum Gasteiger partial charge on any atom is -0.493 e. The van der Waals surface area contributed by atoms with Crippen molar-refractivity contribution in [2.75, 3.05) is 26.2 Å². The van der Waals surface area contributed by atoms with E-state index < -0.39 is 46.7 Å². The number of piperidine rings is 2. The predicted molar refractivity (Wildman–Crippen MR) is 163 cm³/mol. The maximum absolute atomic E-state index is 14.0. The van der Waals surface area contributed by atoms with Crippen LogP contribution in [0.3, 0.4) is 0 Å². The van der Waals surface area contributed by atoms with E-state index in [1.54, 1.807) is 4.90 Å². The highest BCUT2D eigenvalue weighted by molar-refractivity contribution is 5.95. The SMILES string of the molecule is CCC[C@@H]1C(C(=O)N2CCC(C#N)(c3ccccc3OCCCCCC(=O)O)CC2)CCCN1C(=O)c1ncccc1C(F)(F)F. The molecule has 0 aliphatic carbocycles. The summed E-state index contributed by atoms with van der Waals surface area (Å²) < 4.78 is 47.2. The van der Waals surface area contributed by atoms with Crippen molar-refractivity contribution in [2.24, 2.45) is 5.92 Å². The number of benzene rings is 1. The average Bonchev–Trinajstić information content (AvgIpc) is 3.05. The van der Waals surface area contributed by atoms with Gasteiger partial charge in [-0.2, -0.15) is 18.4 Å². The quantitative estimate of drug-likeness (QED) is 0.272. The summed E-state index contributed by atoms with van der Waals surface area (Å²) in [5, 5.41) is 19.2. The van der Waals surface area contributed by atoms with Crippen molar-refractivity contribution in [1.29, 1.82) is 5.26 Å². The summed E-state index contributed by atoms with van der Waals surface area (Å²) in [6.07, 6.45) is 1.37. The molecule has 2 aliphatic rings. The molecule has 2 saturated heterocycles. The zero-order chi connectivity index (χ0) is 33.3. The van der Waals surface area contributed by atoms with Gasteiger partial charge in [0, 0.05) is 43.9 Å². The Hall–Kier alpha value is -4.14. The zero-order valence-electron chi connectivity index (χ0n) is 26.1. The van der Waals surface area contributed by atoms with Crippen LogP contribution in [0.4, 0.5) is 13.2 Å². The molecular weight excluding hydrogens is 601 g/mol. The number of nitrogens with zero attached hydrogens (tertiary/aromatic N) is 4. The zero-order valence-corrected chi connectivity index (χ0v) is 26.1. The van der Waals surface area contributed by atoms with E-state index in [0.29, 0.717) is 83.2 Å². The molecule has 4 rings (SSSR count). The van der Waals surface area contributed by atoms with E-state index in [1.165, 1.54) is 11.1 Å². The van der Waals surface area contributed by atoms with Crippen molar-refractivity contribution < 1.29 is 37.4 Å². The molecule has 3 heterocycles. The Labute approximate surface area is 267 Å². The topological polar surface area (TPSA) is 124 Å². The second-order valence-corrected chi connectivity index (χ2v) is 12.1. The van der Waals surface area contributed by atoms with E-state index >= 15 is 0 Å². The predicted octanol–water partition coefficient (Wildman–Crippen LogP) is 6.23. The lowest BCUT2D eigenvalue weighted by Crippen LogP contribution is -2.55. The van der Waals surface area contributed by atoms with E-state index in [0.717, 1.165) is 17.7 Å². The molecule has 0 radical (unpaired) electrons. The van der Waals surface area contributed by atoms with E-state index in [4.69, 9.17) is 9.84 Å². The number of alkyl halides is 3. The van der Waals surface area contributed by atoms with Crippen LogP contribution in [-0.2, 0) is 21.2 Å². The monoisotopic (exact) mass is 642 g/mol. The molecule has 1 unspecified atom stereocenters. The lowest BCUT2D eigenvalue weighted by atomic mass is 9.73. The molecule has 1 aromatic carbocycles. The van der Waals surface area contributed by atoms with Crippen molar-refractivity contribution in [1.82, 2.24) is 14.8 Å². The molecule has 0 saturated carbocycles. The Morgan fingerprint density at radius 1 is 1.09 bits per heavy atom. The van der Waals surface area contributed by atoms with Gasteiger partial charge >= 0.3 is 12.1 Å². The summed E-state index contributed by atoms with van der Waals surface area (Å²) in [4.78, 5) is 45.2. The first-order valence-electron chi connectivity index (χ1n) is 16.0. The molecule has 2 atom stereocenters. The molecule has 2 aliphatic heterocycles. The highest BCUT2D eigenvalue weighted by atomic mass is 19.4. The van der Waals surface area contributed by atoms with Crippen LogP contribution in [0.2, 0.25) is 0 Å². The summed E-state index contributed by atoms with van der Waals surface area (Å²) >= 11 is 0. The molecule has 1 aromatic heterocycles. The normalized spacial score (nSPS) is 19.7. The first kappa shape index (κ1) is 34.7. The van der Waals surface area contributed by atoms with Crippen molar-refractivity contribution in [3.05, 3.63) is 59.4 Å². The Kier molecular flexibility index (Phi) is 11.7. The third kappa shape index (κ3) is 7.98. The van der Waals surface area contributed by atoms with Crippen molar-refractivity contribution in [3.8, 4) is 11.8 Å². The van der Waals surface area contributed by atoms with Gasteiger partial charge in [-0.25, -0.2) is 0 Å². The van der Waals surface area contributed by atoms with Crippen LogP contribution >= 0.6 is 0 Å². The fraction of sp³-hybridized carbons (Fsp3) is 0.559. The number of carbonyl (C=O) groups excluding carboxylic acids is 2. The van der Waals surface area contributed by atoms with Gasteiger partial charge < -0.3 is 19.6 Å². The number of hydrogen-bond donors (Lipinski definition) is 1. The van der Waals surface area contributed by atoms with Crippen LogP contribution in [0.15, 0.2) is 42.6 Å². The molecular formula is C34H41F3N4O5. The number of rotatable bonds is 12. The third-order valence-electron chi connectivity index (χ3n) is 9.09. The van der Waals surface area contributed by atoms with Gasteiger partial charge in [0.05, 0.1) is 29.6 Å². The smallest absolute Gasteiger partial charge is 0.418 e. The molecule has 2 fully saturated rings. The number of ether oxygens (including phenoxy) is 1. The number of amides is 2. The van der Waals surface area contributed by atoms with Gasteiger partial charge in [-0.15, -0.1) is 0 Å². The number of carbonyl (C=O) groups is 3. The van der Waals surface area contributed by atoms with E-state index in [-0.39, 0.29) is 18.9 Å². The number of carboxylic acids is 1. The lowest BCUT2D eigenvalue weighted by Gasteiger charge is -2.44. The molecule has 2 amide bonds. The molecule has 9 nitrogen and oxygen atoms in total. The summed E-state index contributed by atoms with van der Waals surface area (Å²) in [5.74, 6) is -1.76. The number of aliphatic carboxylic acids is 1. The molecule has 0 bridgehead atoms. The maximum Gasteiger partial charge on any atom is 0.418 e. The molecule has 248 valence electrons. The number of unbranched alkanes of at least 4 members (excludes halogenated alkanes) is 2. The van der Waals surface area contributed by atoms with E-state index in [1.807, 2.05) is 31.2 Å². The molecule has 1 N–H and O–H groups in total. The van der Waals surface area contributed by atoms with Crippen LogP contribution < -0.4 is 4.74 Å². The number of nitriles is 1. The van der Waals surface area contributed by atoms with Gasteiger partial charge in [0.2, 0.25) is 5.91 Å². The van der Waals surface area contributed by atoms with Crippen molar-refractivity contribution in [2.45, 2.75) is 88.8 Å². The Morgan fingerprint density at radius 2 is 1.83 bits per heavy atom. The van der Waals surface area contributed by atoms with Gasteiger partial charge in [-0.1, -0.05) is 31.5 Å². The van der Waals surface area contributed by atoms with Crippen LogP contribution in [0.1, 0.15) is 92.7 Å². The van der Waals surface area contributed by atoms with Crippen LogP contribution in [-0.4, -0.2) is 70.0 Å². The van der Waals surface area contributed by atoms with Crippen molar-refractivity contribution >= 4 is 17.8 Å². The van der Waals surface area contributed by atoms with Gasteiger partial charge in [-0.3, -0.25) is 19.4 Å². The second-order valence-electron chi connectivity index (χ2n) is 12.1. The highest BCUT2D eigenvalue weighted by Crippen LogP contribution is 2.41. The minimum atomic E-state index is -4.74. The van der Waals surface area contributed by atoms with Gasteiger partial charge in [0.1, 0.15) is 11.4 Å². The van der Waals surface area contributed by atoms with Gasteiger partial charge in [0.25, 0.3) is 5.91 Å². The number of likely N-dealkylation sites (tertiary alicyclic amines) is 2. The average molecular weight is 643 g/mol. The largest absolute Gasteiger partial charge is 0.493 e. The summed E-state index contributed by atoms with van der Waals surface area (Å²) in [6.45, 7) is 3.18. The summed E-state index contributed by atoms with van der Waals surface area (Å²) in [6, 6.07) is 11.3. The van der Waals surface area contributed by atoms with E-state index in [9.17, 15) is 32.8 Å². The Balaban J connectivity index is 1.46. The minimum absolute atomic E-state index is 0.112. The van der Waals surface area contributed by atoms with Crippen LogP contribution in [0, 0.1) is 17.2 Å². The van der Waals surface area contributed by atoms with Crippen molar-refractivity contribution in [3.63, 3.8) is 0 Å². The first-order chi connectivity index (χ1) is 22.0. The molecule has 12 heteroatoms. The number of pyridine rings is 1. The second kappa shape index (κ2) is 15.4. The van der Waals surface area contributed by atoms with Gasteiger partial charge in [0.15, 0.2) is 0 Å². The van der Waals surface area contributed by atoms with Gasteiger partial charge in [-0.05, 0) is 69.6 Å².